The highest BCUT2D eigenvalue weighted by Crippen LogP contribution is 2.19. The van der Waals surface area contributed by atoms with Gasteiger partial charge in [0, 0.05) is 51.5 Å². The molecule has 1 aromatic carbocycles. The van der Waals surface area contributed by atoms with Crippen LogP contribution in [-0.2, 0) is 38.0 Å². The second-order valence-corrected chi connectivity index (χ2v) is 13.6. The highest BCUT2D eigenvalue weighted by atomic mass is 16.5. The minimum Gasteiger partial charge on any atom is -0.494 e. The Bertz CT molecular complexity index is 1320. The van der Waals surface area contributed by atoms with E-state index < -0.39 is 47.8 Å². The topological polar surface area (TPSA) is 291 Å². The number of rotatable bonds is 38. The first-order chi connectivity index (χ1) is 29.5. The summed E-state index contributed by atoms with van der Waals surface area (Å²) in [6, 6.07) is 0.761. The molecule has 0 radical (unpaired) electrons. The molecule has 21 nitrogen and oxygen atoms in total. The molecule has 61 heavy (non-hydrogen) atoms. The summed E-state index contributed by atoms with van der Waals surface area (Å²) >= 11 is 0. The fourth-order valence-electron chi connectivity index (χ4n) is 5.39. The van der Waals surface area contributed by atoms with Crippen molar-refractivity contribution in [3.05, 3.63) is 29.3 Å². The van der Waals surface area contributed by atoms with Gasteiger partial charge in [0.15, 0.2) is 0 Å². The maximum atomic E-state index is 13.8. The van der Waals surface area contributed by atoms with Crippen LogP contribution >= 0.6 is 0 Å². The van der Waals surface area contributed by atoms with Crippen molar-refractivity contribution < 1.29 is 61.9 Å². The van der Waals surface area contributed by atoms with Crippen LogP contribution in [0.15, 0.2) is 18.2 Å². The third-order valence-electron chi connectivity index (χ3n) is 8.58. The molecule has 0 aromatic heterocycles. The number of benzene rings is 1. The molecule has 348 valence electrons. The average Bonchev–Trinajstić information content (AvgIpc) is 3.23. The lowest BCUT2D eigenvalue weighted by Gasteiger charge is -2.20. The van der Waals surface area contributed by atoms with Crippen molar-refractivity contribution in [1.82, 2.24) is 31.9 Å². The summed E-state index contributed by atoms with van der Waals surface area (Å²) in [6.45, 7) is 6.56. The van der Waals surface area contributed by atoms with Crippen molar-refractivity contribution in [2.45, 2.75) is 70.4 Å². The lowest BCUT2D eigenvalue weighted by atomic mass is 10.1. The molecule has 0 bridgehead atoms. The predicted octanol–water partition coefficient (Wildman–Crippen LogP) is 0.331. The van der Waals surface area contributed by atoms with Crippen LogP contribution in [0.2, 0.25) is 0 Å². The first kappa shape index (κ1) is 54.2. The van der Waals surface area contributed by atoms with Crippen molar-refractivity contribution in [2.75, 3.05) is 113 Å². The molecule has 2 atom stereocenters. The van der Waals surface area contributed by atoms with Crippen molar-refractivity contribution >= 4 is 35.7 Å². The van der Waals surface area contributed by atoms with Gasteiger partial charge in [0.2, 0.25) is 11.8 Å². The van der Waals surface area contributed by atoms with Crippen LogP contribution in [0.4, 0.5) is 9.59 Å². The Morgan fingerprint density at radius 1 is 0.508 bits per heavy atom. The van der Waals surface area contributed by atoms with Gasteiger partial charge in [0.25, 0.3) is 11.8 Å². The predicted molar refractivity (Wildman–Crippen MR) is 225 cm³/mol. The average molecular weight is 871 g/mol. The number of carbonyl (C=O) groups excluding carboxylic acids is 6. The van der Waals surface area contributed by atoms with Crippen LogP contribution < -0.4 is 48.1 Å². The maximum absolute atomic E-state index is 13.8. The van der Waals surface area contributed by atoms with Gasteiger partial charge >= 0.3 is 12.1 Å². The molecule has 8 amide bonds. The van der Waals surface area contributed by atoms with Gasteiger partial charge in [-0.2, -0.15) is 0 Å². The molecule has 0 saturated carbocycles. The van der Waals surface area contributed by atoms with E-state index in [1.54, 1.807) is 14.2 Å². The summed E-state index contributed by atoms with van der Waals surface area (Å²) < 4.78 is 37.6. The molecule has 0 aliphatic carbocycles. The van der Waals surface area contributed by atoms with Crippen LogP contribution in [0.25, 0.3) is 0 Å². The van der Waals surface area contributed by atoms with E-state index >= 15 is 0 Å². The molecule has 0 heterocycles. The zero-order valence-electron chi connectivity index (χ0n) is 36.1. The minimum atomic E-state index is -1.04. The number of ether oxygens (including phenoxy) is 7. The molecular weight excluding hydrogens is 800 g/mol. The Morgan fingerprint density at radius 2 is 0.934 bits per heavy atom. The van der Waals surface area contributed by atoms with Gasteiger partial charge in [0.1, 0.15) is 17.8 Å². The second-order valence-electron chi connectivity index (χ2n) is 13.6. The quantitative estimate of drug-likeness (QED) is 0.0417. The highest BCUT2D eigenvalue weighted by Gasteiger charge is 2.25. The molecule has 0 spiro atoms. The van der Waals surface area contributed by atoms with Gasteiger partial charge < -0.3 is 76.5 Å². The summed E-state index contributed by atoms with van der Waals surface area (Å²) in [5, 5.41) is 15.9. The molecule has 21 heteroatoms. The number of nitrogens with two attached hydrogens (primary N) is 2. The van der Waals surface area contributed by atoms with Crippen molar-refractivity contribution in [3.63, 3.8) is 0 Å². The van der Waals surface area contributed by atoms with Crippen LogP contribution in [0, 0.1) is 0 Å². The molecule has 0 aliphatic rings. The Hall–Kier alpha value is -4.80. The monoisotopic (exact) mass is 871 g/mol. The van der Waals surface area contributed by atoms with E-state index in [1.165, 1.54) is 18.2 Å². The molecule has 10 N–H and O–H groups in total. The Kier molecular flexibility index (Phi) is 31.9. The number of hydrogen-bond acceptors (Lipinski definition) is 13. The number of urea groups is 2. The summed E-state index contributed by atoms with van der Waals surface area (Å²) in [7, 11) is 3.15. The Labute approximate surface area is 359 Å². The highest BCUT2D eigenvalue weighted by molar-refractivity contribution is 6.02. The van der Waals surface area contributed by atoms with E-state index in [0.717, 1.165) is 25.7 Å². The number of primary amides is 2. The lowest BCUT2D eigenvalue weighted by Crippen LogP contribution is -2.48. The first-order valence-corrected chi connectivity index (χ1v) is 20.8. The molecule has 1 aromatic rings. The summed E-state index contributed by atoms with van der Waals surface area (Å²) in [6.07, 6.45) is 4.59. The van der Waals surface area contributed by atoms with E-state index in [0.29, 0.717) is 72.3 Å². The molecule has 0 unspecified atom stereocenters. The molecule has 0 aliphatic heterocycles. The van der Waals surface area contributed by atoms with E-state index in [-0.39, 0.29) is 69.1 Å². The standard InChI is InChI=1S/C40H70N8O13/c1-4-5-6-7-16-61-32-28-30(35(49)47-33(10-8-12-45-39(41)53)37(51)43-14-17-57-23-25-59-21-19-55-2)27-31(29-32)36(50)48-34(11-9-13-46-40(42)54)38(52)44-15-18-58-24-26-60-22-20-56-3/h27-29,33-34H,4-26H2,1-3H3,(H,43,51)(H,44,52)(H,47,49)(H,48,50)(H3,41,45,53)(H3,42,46,54)/t33-,34-/m0/s1. The van der Waals surface area contributed by atoms with Gasteiger partial charge in [-0.3, -0.25) is 19.2 Å². The summed E-state index contributed by atoms with van der Waals surface area (Å²) in [4.78, 5) is 76.8. The van der Waals surface area contributed by atoms with Crippen LogP contribution in [-0.4, -0.2) is 161 Å². The fraction of sp³-hybridized carbons (Fsp3) is 0.700. The lowest BCUT2D eigenvalue weighted by molar-refractivity contribution is -0.124. The van der Waals surface area contributed by atoms with Gasteiger partial charge in [-0.05, 0) is 50.3 Å². The number of carbonyl (C=O) groups is 6. The first-order valence-electron chi connectivity index (χ1n) is 20.8. The van der Waals surface area contributed by atoms with E-state index in [9.17, 15) is 28.8 Å². The largest absolute Gasteiger partial charge is 0.494 e. The van der Waals surface area contributed by atoms with Crippen LogP contribution in [0.3, 0.4) is 0 Å². The second kappa shape index (κ2) is 35.9. The third-order valence-corrected chi connectivity index (χ3v) is 8.58. The summed E-state index contributed by atoms with van der Waals surface area (Å²) in [5.41, 5.74) is 10.4. The minimum absolute atomic E-state index is 0.0242. The number of amides is 8. The number of hydrogen-bond donors (Lipinski definition) is 8. The van der Waals surface area contributed by atoms with Gasteiger partial charge in [-0.25, -0.2) is 9.59 Å². The van der Waals surface area contributed by atoms with E-state index in [4.69, 9.17) is 44.6 Å². The molecule has 1 rings (SSSR count). The Morgan fingerprint density at radius 3 is 1.34 bits per heavy atom. The SMILES string of the molecule is CCCCCCOc1cc(C(=O)N[C@@H](CCCNC(N)=O)C(=O)NCCOCCOCCOC)cc(C(=O)N[C@@H](CCCNC(N)=O)C(=O)NCCOCCOCCOC)c1. The zero-order chi connectivity index (χ0) is 44.9. The summed E-state index contributed by atoms with van der Waals surface area (Å²) in [5.74, 6) is -2.09. The van der Waals surface area contributed by atoms with Gasteiger partial charge in [-0.15, -0.1) is 0 Å². The van der Waals surface area contributed by atoms with Crippen molar-refractivity contribution in [3.8, 4) is 5.75 Å². The maximum Gasteiger partial charge on any atom is 0.312 e. The zero-order valence-corrected chi connectivity index (χ0v) is 36.1. The Balaban J connectivity index is 3.17. The van der Waals surface area contributed by atoms with Gasteiger partial charge in [-0.1, -0.05) is 26.2 Å². The third kappa shape index (κ3) is 28.4. The van der Waals surface area contributed by atoms with Gasteiger partial charge in [0.05, 0.1) is 72.7 Å². The van der Waals surface area contributed by atoms with Crippen molar-refractivity contribution in [2.24, 2.45) is 11.5 Å². The van der Waals surface area contributed by atoms with Crippen molar-refractivity contribution in [1.29, 1.82) is 0 Å². The number of unbranched alkanes of at least 4 members (excludes halogenated alkanes) is 3. The molecular formula is C40H70N8O13. The fourth-order valence-corrected chi connectivity index (χ4v) is 5.39. The number of nitrogens with one attached hydrogen (secondary N) is 6. The van der Waals surface area contributed by atoms with Crippen LogP contribution in [0.5, 0.6) is 5.75 Å². The molecule has 0 saturated heterocycles. The van der Waals surface area contributed by atoms with E-state index in [1.807, 2.05) is 0 Å². The molecule has 0 fully saturated rings. The van der Waals surface area contributed by atoms with E-state index in [2.05, 4.69) is 38.8 Å². The smallest absolute Gasteiger partial charge is 0.312 e. The normalized spacial score (nSPS) is 11.9. The van der Waals surface area contributed by atoms with Crippen LogP contribution in [0.1, 0.15) is 79.0 Å². The number of methoxy groups -OCH3 is 2.